The summed E-state index contributed by atoms with van der Waals surface area (Å²) in [6.07, 6.45) is 1.09. The quantitative estimate of drug-likeness (QED) is 0.512. The van der Waals surface area contributed by atoms with E-state index in [1.54, 1.807) is 19.2 Å². The fraction of sp³-hybridized carbons (Fsp3) is 0.231. The third kappa shape index (κ3) is 3.74. The number of benzene rings is 3. The van der Waals surface area contributed by atoms with Gasteiger partial charge in [0.05, 0.1) is 36.7 Å². The highest BCUT2D eigenvalue weighted by atomic mass is 16.5. The lowest BCUT2D eigenvalue weighted by molar-refractivity contribution is -0.638. The summed E-state index contributed by atoms with van der Waals surface area (Å²) in [5.74, 6) is 1.99. The Kier molecular flexibility index (Phi) is 5.37. The summed E-state index contributed by atoms with van der Waals surface area (Å²) in [7, 11) is 1.64. The van der Waals surface area contributed by atoms with E-state index in [-0.39, 0.29) is 11.3 Å². The standard InChI is InChI=1S/C26H25N3O3/c1-32-24-5-3-2-4-21(24)25-28-23-11-8-19(18-6-9-20(30)10-7-18)14-22(23)26(31)29(25)16-17-12-13-27-15-17/h2-11,14,17,27,30H,12-13,15-16H2,1H3/p+1. The summed E-state index contributed by atoms with van der Waals surface area (Å²) in [4.78, 5) is 18.7. The van der Waals surface area contributed by atoms with Gasteiger partial charge < -0.3 is 15.2 Å². The van der Waals surface area contributed by atoms with Gasteiger partial charge in [-0.2, -0.15) is 0 Å². The number of aromatic hydroxyl groups is 1. The maximum Gasteiger partial charge on any atom is 0.261 e. The Bertz CT molecular complexity index is 1320. The first-order chi connectivity index (χ1) is 15.6. The summed E-state index contributed by atoms with van der Waals surface area (Å²) in [5, 5.41) is 12.5. The van der Waals surface area contributed by atoms with Crippen LogP contribution in [0.1, 0.15) is 6.42 Å². The van der Waals surface area contributed by atoms with Crippen LogP contribution in [0.3, 0.4) is 0 Å². The average Bonchev–Trinajstić information content (AvgIpc) is 3.34. The fourth-order valence-corrected chi connectivity index (χ4v) is 4.51. The third-order valence-corrected chi connectivity index (χ3v) is 6.22. The monoisotopic (exact) mass is 428 g/mol. The minimum atomic E-state index is -0.0385. The van der Waals surface area contributed by atoms with Crippen molar-refractivity contribution in [3.8, 4) is 34.0 Å². The second kappa shape index (κ2) is 8.48. The van der Waals surface area contributed by atoms with Crippen LogP contribution in [0, 0.1) is 5.92 Å². The molecule has 1 unspecified atom stereocenters. The number of aromatic nitrogens is 2. The molecule has 2 heterocycles. The van der Waals surface area contributed by atoms with Crippen molar-refractivity contribution in [2.75, 3.05) is 20.2 Å². The van der Waals surface area contributed by atoms with Crippen molar-refractivity contribution in [3.05, 3.63) is 77.1 Å². The van der Waals surface area contributed by atoms with E-state index in [9.17, 15) is 9.90 Å². The predicted molar refractivity (Wildman–Crippen MR) is 125 cm³/mol. The summed E-state index contributed by atoms with van der Waals surface area (Å²) >= 11 is 0. The normalized spacial score (nSPS) is 15.8. The molecule has 0 aliphatic carbocycles. The minimum Gasteiger partial charge on any atom is -0.508 e. The van der Waals surface area contributed by atoms with Gasteiger partial charge in [-0.25, -0.2) is 4.98 Å². The average molecular weight is 429 g/mol. The Morgan fingerprint density at radius 2 is 1.88 bits per heavy atom. The van der Waals surface area contributed by atoms with Gasteiger partial charge >= 0.3 is 0 Å². The summed E-state index contributed by atoms with van der Waals surface area (Å²) in [5.41, 5.74) is 3.30. The molecule has 1 aromatic heterocycles. The van der Waals surface area contributed by atoms with Crippen LogP contribution in [0.5, 0.6) is 11.5 Å². The van der Waals surface area contributed by atoms with E-state index in [4.69, 9.17) is 9.72 Å². The second-order valence-electron chi connectivity index (χ2n) is 8.30. The van der Waals surface area contributed by atoms with E-state index in [2.05, 4.69) is 5.32 Å². The molecule has 6 nitrogen and oxygen atoms in total. The van der Waals surface area contributed by atoms with E-state index in [1.165, 1.54) is 0 Å². The number of phenolic OH excluding ortho intramolecular Hbond substituents is 1. The Morgan fingerprint density at radius 3 is 2.62 bits per heavy atom. The molecule has 0 bridgehead atoms. The zero-order valence-electron chi connectivity index (χ0n) is 18.0. The zero-order valence-corrected chi connectivity index (χ0v) is 18.0. The first kappa shape index (κ1) is 20.3. The molecule has 3 N–H and O–H groups in total. The number of hydrogen-bond acceptors (Lipinski definition) is 4. The van der Waals surface area contributed by atoms with Gasteiger partial charge in [-0.1, -0.05) is 30.3 Å². The predicted octanol–water partition coefficient (Wildman–Crippen LogP) is 3.03. The molecule has 4 aromatic rings. The van der Waals surface area contributed by atoms with Crippen LogP contribution in [0.4, 0.5) is 0 Å². The highest BCUT2D eigenvalue weighted by Crippen LogP contribution is 2.30. The summed E-state index contributed by atoms with van der Waals surface area (Å²) in [6.45, 7) is 2.74. The van der Waals surface area contributed by atoms with Crippen molar-refractivity contribution in [1.82, 2.24) is 9.55 Å². The molecule has 0 amide bonds. The van der Waals surface area contributed by atoms with E-state index >= 15 is 0 Å². The molecule has 1 aliphatic heterocycles. The molecule has 0 saturated carbocycles. The van der Waals surface area contributed by atoms with E-state index in [0.717, 1.165) is 36.2 Å². The molecule has 1 fully saturated rings. The Balaban J connectivity index is 1.71. The van der Waals surface area contributed by atoms with Crippen LogP contribution >= 0.6 is 0 Å². The minimum absolute atomic E-state index is 0.0385. The maximum atomic E-state index is 13.8. The Morgan fingerprint density at radius 1 is 1.09 bits per heavy atom. The highest BCUT2D eigenvalue weighted by Gasteiger charge is 2.23. The van der Waals surface area contributed by atoms with Gasteiger partial charge in [0.1, 0.15) is 17.3 Å². The molecule has 1 atom stereocenters. The van der Waals surface area contributed by atoms with Crippen molar-refractivity contribution < 1.29 is 15.2 Å². The van der Waals surface area contributed by atoms with Gasteiger partial charge in [0.25, 0.3) is 5.56 Å². The second-order valence-corrected chi connectivity index (χ2v) is 8.30. The lowest BCUT2D eigenvalue weighted by Crippen LogP contribution is -2.81. The van der Waals surface area contributed by atoms with E-state index in [1.807, 2.05) is 59.2 Å². The first-order valence-corrected chi connectivity index (χ1v) is 10.9. The Hall–Kier alpha value is -3.64. The van der Waals surface area contributed by atoms with E-state index < -0.39 is 0 Å². The van der Waals surface area contributed by atoms with Gasteiger partial charge in [0, 0.05) is 18.9 Å². The molecule has 162 valence electrons. The lowest BCUT2D eigenvalue weighted by Gasteiger charge is -2.18. The van der Waals surface area contributed by atoms with Gasteiger partial charge in [-0.15, -0.1) is 0 Å². The van der Waals surface area contributed by atoms with Crippen LogP contribution in [0.25, 0.3) is 33.4 Å². The van der Waals surface area contributed by atoms with Crippen LogP contribution in [-0.4, -0.2) is 34.9 Å². The molecular formula is C26H26N3O3+. The molecule has 0 radical (unpaired) electrons. The van der Waals surface area contributed by atoms with Gasteiger partial charge in [-0.3, -0.25) is 9.36 Å². The van der Waals surface area contributed by atoms with Gasteiger partial charge in [0.2, 0.25) is 0 Å². The number of nitrogens with zero attached hydrogens (tertiary/aromatic N) is 2. The number of rotatable bonds is 5. The van der Waals surface area contributed by atoms with Crippen LogP contribution < -0.4 is 15.6 Å². The molecule has 0 spiro atoms. The van der Waals surface area contributed by atoms with Crippen LogP contribution in [0.2, 0.25) is 0 Å². The summed E-state index contributed by atoms with van der Waals surface area (Å²) in [6, 6.07) is 20.5. The number of phenols is 1. The number of ether oxygens (including phenoxy) is 1. The smallest absolute Gasteiger partial charge is 0.261 e. The lowest BCUT2D eigenvalue weighted by atomic mass is 10.0. The SMILES string of the molecule is COc1ccccc1-c1nc2ccc(-c3ccc(O)cc3)cc2c(=O)n1CC1CC[NH2+]C1. The van der Waals surface area contributed by atoms with Crippen molar-refractivity contribution in [2.45, 2.75) is 13.0 Å². The molecule has 32 heavy (non-hydrogen) atoms. The third-order valence-electron chi connectivity index (χ3n) is 6.22. The largest absolute Gasteiger partial charge is 0.508 e. The van der Waals surface area contributed by atoms with Crippen molar-refractivity contribution in [1.29, 1.82) is 0 Å². The number of hydrogen-bond donors (Lipinski definition) is 2. The maximum absolute atomic E-state index is 13.8. The molecule has 6 heteroatoms. The highest BCUT2D eigenvalue weighted by molar-refractivity contribution is 5.85. The topological polar surface area (TPSA) is 81.0 Å². The van der Waals surface area contributed by atoms with Crippen molar-refractivity contribution in [3.63, 3.8) is 0 Å². The fourth-order valence-electron chi connectivity index (χ4n) is 4.51. The number of quaternary nitrogens is 1. The number of methoxy groups -OCH3 is 1. The molecule has 1 aliphatic rings. The van der Waals surface area contributed by atoms with Gasteiger partial charge in [0.15, 0.2) is 0 Å². The van der Waals surface area contributed by atoms with Crippen molar-refractivity contribution >= 4 is 10.9 Å². The number of fused-ring (bicyclic) bond motifs is 1. The zero-order chi connectivity index (χ0) is 22.1. The van der Waals surface area contributed by atoms with Crippen molar-refractivity contribution in [2.24, 2.45) is 5.92 Å². The molecule has 5 rings (SSSR count). The molecule has 1 saturated heterocycles. The summed E-state index contributed by atoms with van der Waals surface area (Å²) < 4.78 is 7.41. The first-order valence-electron chi connectivity index (χ1n) is 10.9. The number of nitrogens with two attached hydrogens (primary N) is 1. The van der Waals surface area contributed by atoms with Gasteiger partial charge in [-0.05, 0) is 47.5 Å². The molecular weight excluding hydrogens is 402 g/mol. The Labute approximate surface area is 186 Å². The van der Waals surface area contributed by atoms with E-state index in [0.29, 0.717) is 34.9 Å². The number of para-hydroxylation sites is 1. The van der Waals surface area contributed by atoms with Crippen LogP contribution in [-0.2, 0) is 6.54 Å². The molecule has 3 aromatic carbocycles. The van der Waals surface area contributed by atoms with Crippen LogP contribution in [0.15, 0.2) is 71.5 Å².